The number of hydrogen-bond acceptors (Lipinski definition) is 4. The van der Waals surface area contributed by atoms with Gasteiger partial charge in [0, 0.05) is 30.2 Å². The lowest BCUT2D eigenvalue weighted by atomic mass is 9.85. The molecule has 0 aliphatic heterocycles. The predicted octanol–water partition coefficient (Wildman–Crippen LogP) is 2.58. The fourth-order valence-electron chi connectivity index (χ4n) is 2.85. The Morgan fingerprint density at radius 2 is 1.83 bits per heavy atom. The van der Waals surface area contributed by atoms with Crippen LogP contribution in [0.25, 0.3) is 0 Å². The molecule has 1 rings (SSSR count). The van der Waals surface area contributed by atoms with Crippen molar-refractivity contribution in [3.05, 3.63) is 10.1 Å². The van der Waals surface area contributed by atoms with Crippen molar-refractivity contribution in [3.63, 3.8) is 0 Å². The highest BCUT2D eigenvalue weighted by Crippen LogP contribution is 2.29. The molecule has 1 aliphatic rings. The number of nitrogens with one attached hydrogen (secondary N) is 1. The molecule has 1 fully saturated rings. The van der Waals surface area contributed by atoms with Crippen molar-refractivity contribution < 1.29 is 19.6 Å². The van der Waals surface area contributed by atoms with Crippen LogP contribution in [0.5, 0.6) is 0 Å². The maximum absolute atomic E-state index is 12.0. The summed E-state index contributed by atoms with van der Waals surface area (Å²) in [6, 6.07) is -0.838. The van der Waals surface area contributed by atoms with Gasteiger partial charge in [-0.25, -0.2) is 0 Å². The number of aliphatic carboxylic acids is 1. The Labute approximate surface area is 140 Å². The van der Waals surface area contributed by atoms with Crippen molar-refractivity contribution in [2.24, 2.45) is 5.92 Å². The lowest BCUT2D eigenvalue weighted by molar-refractivity contribution is -0.526. The number of amides is 1. The summed E-state index contributed by atoms with van der Waals surface area (Å²) in [6.07, 6.45) is 5.79. The minimum absolute atomic E-state index is 0.119. The smallest absolute Gasteiger partial charge is 0.303 e. The van der Waals surface area contributed by atoms with E-state index in [2.05, 4.69) is 5.32 Å². The molecule has 23 heavy (non-hydrogen) atoms. The molecule has 0 radical (unpaired) electrons. The van der Waals surface area contributed by atoms with Crippen LogP contribution >= 0.6 is 11.6 Å². The van der Waals surface area contributed by atoms with Gasteiger partial charge in [-0.05, 0) is 25.7 Å². The zero-order chi connectivity index (χ0) is 17.2. The van der Waals surface area contributed by atoms with Crippen LogP contribution in [0.4, 0.5) is 0 Å². The van der Waals surface area contributed by atoms with Gasteiger partial charge in [-0.15, -0.1) is 11.6 Å². The summed E-state index contributed by atoms with van der Waals surface area (Å²) in [5.74, 6) is -1.21. The molecule has 0 aromatic heterocycles. The van der Waals surface area contributed by atoms with E-state index in [0.717, 1.165) is 25.7 Å². The van der Waals surface area contributed by atoms with Gasteiger partial charge in [0.25, 0.3) is 0 Å². The first kappa shape index (κ1) is 19.7. The number of hydrogen-bond donors (Lipinski definition) is 2. The topological polar surface area (TPSA) is 110 Å². The minimum Gasteiger partial charge on any atom is -0.481 e. The first-order valence-electron chi connectivity index (χ1n) is 8.19. The number of rotatable bonds is 10. The van der Waals surface area contributed by atoms with Crippen LogP contribution in [0.2, 0.25) is 0 Å². The second-order valence-corrected chi connectivity index (χ2v) is 6.64. The molecule has 1 amide bonds. The fraction of sp³-hybridized carbons (Fsp3) is 0.867. The molecule has 0 heterocycles. The van der Waals surface area contributed by atoms with Crippen LogP contribution in [0.3, 0.4) is 0 Å². The van der Waals surface area contributed by atoms with Gasteiger partial charge in [0.05, 0.1) is 0 Å². The molecule has 1 aliphatic carbocycles. The highest BCUT2D eigenvalue weighted by molar-refractivity contribution is 6.21. The quantitative estimate of drug-likeness (QED) is 0.273. The summed E-state index contributed by atoms with van der Waals surface area (Å²) < 4.78 is 0. The Balaban J connectivity index is 2.12. The normalized spacial score (nSPS) is 24.1. The summed E-state index contributed by atoms with van der Waals surface area (Å²) in [5, 5.41) is 21.8. The van der Waals surface area contributed by atoms with Crippen LogP contribution in [0, 0.1) is 16.0 Å². The van der Waals surface area contributed by atoms with E-state index in [0.29, 0.717) is 25.8 Å². The van der Waals surface area contributed by atoms with Crippen molar-refractivity contribution in [2.75, 3.05) is 6.54 Å². The summed E-state index contributed by atoms with van der Waals surface area (Å²) >= 11 is 5.94. The number of carbonyl (C=O) groups excluding carboxylic acids is 1. The van der Waals surface area contributed by atoms with E-state index in [1.165, 1.54) is 0 Å². The van der Waals surface area contributed by atoms with Crippen LogP contribution in [0.1, 0.15) is 57.8 Å². The average Bonchev–Trinajstić information content (AvgIpc) is 2.49. The lowest BCUT2D eigenvalue weighted by Gasteiger charge is -2.26. The molecule has 0 saturated heterocycles. The van der Waals surface area contributed by atoms with E-state index < -0.39 is 17.4 Å². The molecule has 0 aromatic rings. The maximum Gasteiger partial charge on any atom is 0.303 e. The van der Waals surface area contributed by atoms with E-state index in [1.807, 2.05) is 0 Å². The lowest BCUT2D eigenvalue weighted by Crippen LogP contribution is -2.42. The Bertz CT molecular complexity index is 419. The van der Waals surface area contributed by atoms with Crippen LogP contribution in [-0.4, -0.2) is 39.9 Å². The third-order valence-corrected chi connectivity index (χ3v) is 4.75. The van der Waals surface area contributed by atoms with E-state index >= 15 is 0 Å². The molecule has 0 bridgehead atoms. The summed E-state index contributed by atoms with van der Waals surface area (Å²) in [5.41, 5.74) is 0. The molecule has 3 atom stereocenters. The summed E-state index contributed by atoms with van der Waals surface area (Å²) in [4.78, 5) is 32.9. The Kier molecular flexibility index (Phi) is 8.91. The number of carboxylic acid groups (broad SMARTS) is 1. The molecule has 7 nitrogen and oxygen atoms in total. The van der Waals surface area contributed by atoms with Crippen molar-refractivity contribution in [2.45, 2.75) is 69.2 Å². The van der Waals surface area contributed by atoms with Gasteiger partial charge in [-0.3, -0.25) is 19.7 Å². The Hall–Kier alpha value is -1.37. The second-order valence-electron chi connectivity index (χ2n) is 6.08. The first-order chi connectivity index (χ1) is 10.9. The molecular weight excluding hydrogens is 324 g/mol. The number of unbranched alkanes of at least 4 members (excludes halogenated alkanes) is 4. The van der Waals surface area contributed by atoms with Gasteiger partial charge < -0.3 is 10.4 Å². The molecule has 2 N–H and O–H groups in total. The monoisotopic (exact) mass is 348 g/mol. The number of halogens is 1. The molecule has 0 spiro atoms. The van der Waals surface area contributed by atoms with Gasteiger partial charge in [0.15, 0.2) is 0 Å². The average molecular weight is 349 g/mol. The van der Waals surface area contributed by atoms with Crippen LogP contribution in [0.15, 0.2) is 0 Å². The maximum atomic E-state index is 12.0. The summed E-state index contributed by atoms with van der Waals surface area (Å²) in [7, 11) is 0. The van der Waals surface area contributed by atoms with Crippen LogP contribution < -0.4 is 5.32 Å². The standard InChI is InChI=1S/C15H25ClN2O5/c16-12-8-7-11(10-13(12)18(22)23)15(21)17-9-5-3-1-2-4-6-14(19)20/h11-13H,1-10H2,(H,17,21)(H,19,20). The SMILES string of the molecule is O=C(O)CCCCCCCNC(=O)C1CCC(Cl)C([N+](=O)[O-])C1. The number of nitro groups is 1. The van der Waals surface area contributed by atoms with E-state index in [1.54, 1.807) is 0 Å². The van der Waals surface area contributed by atoms with Crippen molar-refractivity contribution in [1.82, 2.24) is 5.32 Å². The Morgan fingerprint density at radius 1 is 1.17 bits per heavy atom. The predicted molar refractivity (Wildman–Crippen MR) is 86.1 cm³/mol. The number of alkyl halides is 1. The van der Waals surface area contributed by atoms with Gasteiger partial charge in [0.1, 0.15) is 5.38 Å². The largest absolute Gasteiger partial charge is 0.481 e. The Morgan fingerprint density at radius 3 is 2.48 bits per heavy atom. The van der Waals surface area contributed by atoms with Crippen molar-refractivity contribution >= 4 is 23.5 Å². The van der Waals surface area contributed by atoms with Crippen LogP contribution in [-0.2, 0) is 9.59 Å². The third-order valence-electron chi connectivity index (χ3n) is 4.24. The number of carboxylic acids is 1. The molecule has 8 heteroatoms. The zero-order valence-electron chi connectivity index (χ0n) is 13.2. The van der Waals surface area contributed by atoms with E-state index in [4.69, 9.17) is 16.7 Å². The molecule has 132 valence electrons. The van der Waals surface area contributed by atoms with Gasteiger partial charge in [-0.1, -0.05) is 19.3 Å². The minimum atomic E-state index is -0.838. The first-order valence-corrected chi connectivity index (χ1v) is 8.62. The molecule has 1 saturated carbocycles. The number of carbonyl (C=O) groups is 2. The van der Waals surface area contributed by atoms with E-state index in [9.17, 15) is 19.7 Å². The van der Waals surface area contributed by atoms with Gasteiger partial charge in [0.2, 0.25) is 11.9 Å². The molecular formula is C15H25ClN2O5. The third kappa shape index (κ3) is 7.63. The zero-order valence-corrected chi connectivity index (χ0v) is 14.0. The highest BCUT2D eigenvalue weighted by Gasteiger charge is 2.39. The number of nitrogens with zero attached hydrogens (tertiary/aromatic N) is 1. The van der Waals surface area contributed by atoms with Gasteiger partial charge in [-0.2, -0.15) is 0 Å². The van der Waals surface area contributed by atoms with E-state index in [-0.39, 0.29) is 29.6 Å². The van der Waals surface area contributed by atoms with Gasteiger partial charge >= 0.3 is 5.97 Å². The summed E-state index contributed by atoms with van der Waals surface area (Å²) in [6.45, 7) is 0.557. The van der Waals surface area contributed by atoms with Crippen molar-refractivity contribution in [3.8, 4) is 0 Å². The second kappa shape index (κ2) is 10.4. The molecule has 0 aromatic carbocycles. The van der Waals surface area contributed by atoms with Crippen molar-refractivity contribution in [1.29, 1.82) is 0 Å². The fourth-order valence-corrected chi connectivity index (χ4v) is 3.17. The highest BCUT2D eigenvalue weighted by atomic mass is 35.5. The molecule has 3 unspecified atom stereocenters.